The van der Waals surface area contributed by atoms with Crippen molar-refractivity contribution in [2.45, 2.75) is 32.1 Å². The Balaban J connectivity index is 2.28. The number of piperidine rings is 1. The van der Waals surface area contributed by atoms with Crippen LogP contribution in [0.1, 0.15) is 32.1 Å². The molecule has 1 aliphatic rings. The predicted molar refractivity (Wildman–Crippen MR) is 61.0 cm³/mol. The monoisotopic (exact) mass is 225 g/mol. The number of carboxylic acids is 1. The van der Waals surface area contributed by atoms with E-state index in [2.05, 4.69) is 6.58 Å². The number of carbonyl (C=O) groups excluding carboxylic acids is 1. The van der Waals surface area contributed by atoms with Gasteiger partial charge in [-0.3, -0.25) is 9.59 Å². The Hall–Kier alpha value is -1.32. The van der Waals surface area contributed by atoms with Crippen molar-refractivity contribution < 1.29 is 14.7 Å². The number of amides is 1. The fourth-order valence-corrected chi connectivity index (χ4v) is 2.02. The van der Waals surface area contributed by atoms with Gasteiger partial charge in [-0.1, -0.05) is 6.08 Å². The van der Waals surface area contributed by atoms with Gasteiger partial charge in [0, 0.05) is 25.9 Å². The standard InChI is InChI=1S/C12H19NO3/c1-2-3-4-11(14)13-7-5-10(6-8-13)9-12(15)16/h2,10H,1,3-9H2,(H,15,16). The average Bonchev–Trinajstić information content (AvgIpc) is 2.26. The number of carbonyl (C=O) groups is 2. The summed E-state index contributed by atoms with van der Waals surface area (Å²) in [7, 11) is 0. The molecule has 0 saturated carbocycles. The van der Waals surface area contributed by atoms with Crippen molar-refractivity contribution in [2.75, 3.05) is 13.1 Å². The lowest BCUT2D eigenvalue weighted by Crippen LogP contribution is -2.38. The second-order valence-corrected chi connectivity index (χ2v) is 4.25. The molecule has 4 heteroatoms. The molecule has 0 spiro atoms. The summed E-state index contributed by atoms with van der Waals surface area (Å²) >= 11 is 0. The van der Waals surface area contributed by atoms with Gasteiger partial charge < -0.3 is 10.0 Å². The van der Waals surface area contributed by atoms with Gasteiger partial charge in [0.05, 0.1) is 0 Å². The molecule has 0 bridgehead atoms. The van der Waals surface area contributed by atoms with E-state index in [0.29, 0.717) is 25.9 Å². The van der Waals surface area contributed by atoms with E-state index in [1.54, 1.807) is 6.08 Å². The summed E-state index contributed by atoms with van der Waals surface area (Å²) in [4.78, 5) is 24.0. The molecule has 1 rings (SSSR count). The first kappa shape index (κ1) is 12.7. The maximum absolute atomic E-state index is 11.6. The number of likely N-dealkylation sites (tertiary alicyclic amines) is 1. The molecule has 90 valence electrons. The van der Waals surface area contributed by atoms with Crippen molar-refractivity contribution in [3.63, 3.8) is 0 Å². The zero-order valence-corrected chi connectivity index (χ0v) is 9.52. The topological polar surface area (TPSA) is 57.6 Å². The zero-order chi connectivity index (χ0) is 12.0. The number of nitrogens with zero attached hydrogens (tertiary/aromatic N) is 1. The third-order valence-electron chi connectivity index (χ3n) is 2.99. The van der Waals surface area contributed by atoms with Crippen LogP contribution in [0.3, 0.4) is 0 Å². The lowest BCUT2D eigenvalue weighted by Gasteiger charge is -2.31. The molecule has 4 nitrogen and oxygen atoms in total. The van der Waals surface area contributed by atoms with Crippen molar-refractivity contribution in [2.24, 2.45) is 5.92 Å². The van der Waals surface area contributed by atoms with E-state index >= 15 is 0 Å². The molecule has 0 atom stereocenters. The van der Waals surface area contributed by atoms with Crippen LogP contribution < -0.4 is 0 Å². The number of hydrogen-bond donors (Lipinski definition) is 1. The lowest BCUT2D eigenvalue weighted by atomic mass is 9.93. The van der Waals surface area contributed by atoms with Crippen LogP contribution in [0.2, 0.25) is 0 Å². The molecule has 1 saturated heterocycles. The first-order valence-electron chi connectivity index (χ1n) is 5.74. The summed E-state index contributed by atoms with van der Waals surface area (Å²) in [5.41, 5.74) is 0. The Morgan fingerprint density at radius 3 is 2.50 bits per heavy atom. The third-order valence-corrected chi connectivity index (χ3v) is 2.99. The van der Waals surface area contributed by atoms with Gasteiger partial charge in [-0.05, 0) is 25.2 Å². The van der Waals surface area contributed by atoms with Gasteiger partial charge in [-0.15, -0.1) is 6.58 Å². The SMILES string of the molecule is C=CCCC(=O)N1CCC(CC(=O)O)CC1. The maximum atomic E-state index is 11.6. The van der Waals surface area contributed by atoms with Crippen LogP contribution in [-0.4, -0.2) is 35.0 Å². The van der Waals surface area contributed by atoms with Gasteiger partial charge in [0.25, 0.3) is 0 Å². The van der Waals surface area contributed by atoms with Crippen LogP contribution in [0.15, 0.2) is 12.7 Å². The third kappa shape index (κ3) is 4.04. The fraction of sp³-hybridized carbons (Fsp3) is 0.667. The molecule has 16 heavy (non-hydrogen) atoms. The molecule has 0 unspecified atom stereocenters. The Kier molecular flexibility index (Phi) is 5.02. The molecule has 1 amide bonds. The summed E-state index contributed by atoms with van der Waals surface area (Å²) in [5, 5.41) is 8.67. The summed E-state index contributed by atoms with van der Waals surface area (Å²) in [6.45, 7) is 4.99. The lowest BCUT2D eigenvalue weighted by molar-refractivity contribution is -0.138. The van der Waals surface area contributed by atoms with Crippen molar-refractivity contribution >= 4 is 11.9 Å². The Morgan fingerprint density at radius 2 is 2.00 bits per heavy atom. The molecular formula is C12H19NO3. The van der Waals surface area contributed by atoms with Crippen molar-refractivity contribution in [1.29, 1.82) is 0 Å². The highest BCUT2D eigenvalue weighted by atomic mass is 16.4. The maximum Gasteiger partial charge on any atom is 0.303 e. The minimum Gasteiger partial charge on any atom is -0.481 e. The average molecular weight is 225 g/mol. The van der Waals surface area contributed by atoms with Gasteiger partial charge >= 0.3 is 5.97 Å². The molecular weight excluding hydrogens is 206 g/mol. The first-order valence-corrected chi connectivity index (χ1v) is 5.74. The molecule has 1 aliphatic heterocycles. The second kappa shape index (κ2) is 6.30. The van der Waals surface area contributed by atoms with Crippen LogP contribution >= 0.6 is 0 Å². The van der Waals surface area contributed by atoms with Crippen molar-refractivity contribution in [3.05, 3.63) is 12.7 Å². The molecule has 1 N–H and O–H groups in total. The van der Waals surface area contributed by atoms with Gasteiger partial charge in [0.1, 0.15) is 0 Å². The molecule has 0 aromatic heterocycles. The van der Waals surface area contributed by atoms with Crippen LogP contribution in [-0.2, 0) is 9.59 Å². The van der Waals surface area contributed by atoms with E-state index in [0.717, 1.165) is 12.8 Å². The number of hydrogen-bond acceptors (Lipinski definition) is 2. The van der Waals surface area contributed by atoms with Crippen molar-refractivity contribution in [1.82, 2.24) is 4.90 Å². The number of carboxylic acid groups (broad SMARTS) is 1. The molecule has 0 radical (unpaired) electrons. The molecule has 1 fully saturated rings. The largest absolute Gasteiger partial charge is 0.481 e. The fourth-order valence-electron chi connectivity index (χ4n) is 2.02. The second-order valence-electron chi connectivity index (χ2n) is 4.25. The van der Waals surface area contributed by atoms with Crippen LogP contribution in [0.5, 0.6) is 0 Å². The minimum atomic E-state index is -0.739. The van der Waals surface area contributed by atoms with E-state index < -0.39 is 5.97 Å². The van der Waals surface area contributed by atoms with E-state index in [-0.39, 0.29) is 18.2 Å². The van der Waals surface area contributed by atoms with Gasteiger partial charge in [-0.2, -0.15) is 0 Å². The zero-order valence-electron chi connectivity index (χ0n) is 9.52. The van der Waals surface area contributed by atoms with E-state index in [4.69, 9.17) is 5.11 Å². The molecule has 0 aromatic carbocycles. The first-order chi connectivity index (χ1) is 7.63. The van der Waals surface area contributed by atoms with E-state index in [9.17, 15) is 9.59 Å². The molecule has 1 heterocycles. The quantitative estimate of drug-likeness (QED) is 0.724. The van der Waals surface area contributed by atoms with Crippen LogP contribution in [0, 0.1) is 5.92 Å². The van der Waals surface area contributed by atoms with Gasteiger partial charge in [0.2, 0.25) is 5.91 Å². The molecule has 0 aromatic rings. The van der Waals surface area contributed by atoms with Crippen LogP contribution in [0.25, 0.3) is 0 Å². The Labute approximate surface area is 95.9 Å². The smallest absolute Gasteiger partial charge is 0.303 e. The predicted octanol–water partition coefficient (Wildman–Crippen LogP) is 1.67. The number of allylic oxidation sites excluding steroid dienone is 1. The van der Waals surface area contributed by atoms with Gasteiger partial charge in [0.15, 0.2) is 0 Å². The highest BCUT2D eigenvalue weighted by Crippen LogP contribution is 2.21. The summed E-state index contributed by atoms with van der Waals surface area (Å²) in [6, 6.07) is 0. The summed E-state index contributed by atoms with van der Waals surface area (Å²) < 4.78 is 0. The van der Waals surface area contributed by atoms with E-state index in [1.807, 2.05) is 4.90 Å². The minimum absolute atomic E-state index is 0.161. The van der Waals surface area contributed by atoms with E-state index in [1.165, 1.54) is 0 Å². The van der Waals surface area contributed by atoms with Crippen LogP contribution in [0.4, 0.5) is 0 Å². The highest BCUT2D eigenvalue weighted by molar-refractivity contribution is 5.76. The number of rotatable bonds is 5. The Bertz CT molecular complexity index is 267. The molecule has 0 aliphatic carbocycles. The van der Waals surface area contributed by atoms with Crippen molar-refractivity contribution in [3.8, 4) is 0 Å². The summed E-state index contributed by atoms with van der Waals surface area (Å²) in [5.74, 6) is -0.342. The highest BCUT2D eigenvalue weighted by Gasteiger charge is 2.23. The Morgan fingerprint density at radius 1 is 1.38 bits per heavy atom. The number of aliphatic carboxylic acids is 1. The summed E-state index contributed by atoms with van der Waals surface area (Å²) in [6.07, 6.45) is 4.84. The normalized spacial score (nSPS) is 17.1. The van der Waals surface area contributed by atoms with Gasteiger partial charge in [-0.25, -0.2) is 0 Å².